The SMILES string of the molecule is CCc1ccc(N2CCN(S(=O)(=O)c3ccc(OC)c(C)c3)CC2)cc1. The number of piperazine rings is 1. The summed E-state index contributed by atoms with van der Waals surface area (Å²) in [5.74, 6) is 0.698. The zero-order valence-corrected chi connectivity index (χ0v) is 16.4. The van der Waals surface area contributed by atoms with E-state index >= 15 is 0 Å². The molecule has 0 atom stereocenters. The minimum atomic E-state index is -3.47. The summed E-state index contributed by atoms with van der Waals surface area (Å²) >= 11 is 0. The molecule has 0 saturated carbocycles. The lowest BCUT2D eigenvalue weighted by molar-refractivity contribution is 0.384. The molecule has 1 aliphatic heterocycles. The quantitative estimate of drug-likeness (QED) is 0.807. The number of hydrogen-bond acceptors (Lipinski definition) is 4. The molecule has 1 saturated heterocycles. The Balaban J connectivity index is 1.71. The Kier molecular flexibility index (Phi) is 5.53. The van der Waals surface area contributed by atoms with Gasteiger partial charge in [0.05, 0.1) is 12.0 Å². The zero-order valence-electron chi connectivity index (χ0n) is 15.6. The van der Waals surface area contributed by atoms with E-state index in [1.807, 2.05) is 6.92 Å². The van der Waals surface area contributed by atoms with Gasteiger partial charge in [-0.25, -0.2) is 8.42 Å². The van der Waals surface area contributed by atoms with Crippen LogP contribution in [0.2, 0.25) is 0 Å². The van der Waals surface area contributed by atoms with Crippen LogP contribution in [0.4, 0.5) is 5.69 Å². The third kappa shape index (κ3) is 3.71. The molecule has 0 radical (unpaired) electrons. The topological polar surface area (TPSA) is 49.9 Å². The van der Waals surface area contributed by atoms with E-state index in [0.29, 0.717) is 36.8 Å². The van der Waals surface area contributed by atoms with Gasteiger partial charge < -0.3 is 9.64 Å². The average molecular weight is 375 g/mol. The zero-order chi connectivity index (χ0) is 18.7. The molecule has 0 aromatic heterocycles. The molecule has 0 bridgehead atoms. The summed E-state index contributed by atoms with van der Waals surface area (Å²) in [6.07, 6.45) is 1.02. The van der Waals surface area contributed by atoms with Crippen LogP contribution in [0.15, 0.2) is 47.4 Å². The second-order valence-electron chi connectivity index (χ2n) is 6.54. The third-order valence-electron chi connectivity index (χ3n) is 4.95. The third-order valence-corrected chi connectivity index (χ3v) is 6.85. The molecule has 0 amide bonds. The van der Waals surface area contributed by atoms with Crippen molar-refractivity contribution in [3.8, 4) is 5.75 Å². The van der Waals surface area contributed by atoms with Crippen molar-refractivity contribution in [3.05, 3.63) is 53.6 Å². The monoisotopic (exact) mass is 374 g/mol. The molecule has 5 nitrogen and oxygen atoms in total. The van der Waals surface area contributed by atoms with E-state index in [1.165, 1.54) is 5.56 Å². The molecule has 0 spiro atoms. The van der Waals surface area contributed by atoms with Crippen molar-refractivity contribution < 1.29 is 13.2 Å². The number of nitrogens with zero attached hydrogens (tertiary/aromatic N) is 2. The van der Waals surface area contributed by atoms with Crippen LogP contribution in [-0.4, -0.2) is 46.0 Å². The number of hydrogen-bond donors (Lipinski definition) is 0. The highest BCUT2D eigenvalue weighted by Crippen LogP contribution is 2.25. The van der Waals surface area contributed by atoms with E-state index in [2.05, 4.69) is 36.1 Å². The average Bonchev–Trinajstić information content (AvgIpc) is 2.68. The van der Waals surface area contributed by atoms with Crippen LogP contribution < -0.4 is 9.64 Å². The Labute approximate surface area is 156 Å². The lowest BCUT2D eigenvalue weighted by Gasteiger charge is -2.35. The minimum Gasteiger partial charge on any atom is -0.496 e. The predicted octanol–water partition coefficient (Wildman–Crippen LogP) is 3.08. The number of sulfonamides is 1. The van der Waals surface area contributed by atoms with Gasteiger partial charge >= 0.3 is 0 Å². The summed E-state index contributed by atoms with van der Waals surface area (Å²) < 4.78 is 32.7. The molecular formula is C20H26N2O3S. The number of benzene rings is 2. The number of ether oxygens (including phenoxy) is 1. The maximum atomic E-state index is 12.9. The van der Waals surface area contributed by atoms with E-state index in [1.54, 1.807) is 29.6 Å². The normalized spacial score (nSPS) is 15.9. The highest BCUT2D eigenvalue weighted by atomic mass is 32.2. The van der Waals surface area contributed by atoms with Gasteiger partial charge in [-0.2, -0.15) is 4.31 Å². The van der Waals surface area contributed by atoms with Crippen molar-refractivity contribution >= 4 is 15.7 Å². The fourth-order valence-corrected chi connectivity index (χ4v) is 4.80. The fourth-order valence-electron chi connectivity index (χ4n) is 3.29. The van der Waals surface area contributed by atoms with E-state index in [9.17, 15) is 8.42 Å². The van der Waals surface area contributed by atoms with Crippen molar-refractivity contribution in [1.82, 2.24) is 4.31 Å². The first-order valence-corrected chi connectivity index (χ1v) is 10.4. The Bertz CT molecular complexity index is 855. The minimum absolute atomic E-state index is 0.330. The van der Waals surface area contributed by atoms with Crippen LogP contribution >= 0.6 is 0 Å². The van der Waals surface area contributed by atoms with E-state index in [4.69, 9.17) is 4.74 Å². The lowest BCUT2D eigenvalue weighted by atomic mass is 10.1. The molecule has 0 unspecified atom stereocenters. The van der Waals surface area contributed by atoms with Crippen LogP contribution in [0.1, 0.15) is 18.1 Å². The molecular weight excluding hydrogens is 348 g/mol. The van der Waals surface area contributed by atoms with Crippen LogP contribution in [0.3, 0.4) is 0 Å². The summed E-state index contributed by atoms with van der Waals surface area (Å²) in [5.41, 5.74) is 3.28. The van der Waals surface area contributed by atoms with E-state index in [-0.39, 0.29) is 0 Å². The smallest absolute Gasteiger partial charge is 0.243 e. The van der Waals surface area contributed by atoms with Gasteiger partial charge in [0, 0.05) is 31.9 Å². The van der Waals surface area contributed by atoms with Gasteiger partial charge in [0.2, 0.25) is 10.0 Å². The van der Waals surface area contributed by atoms with Crippen LogP contribution in [0.5, 0.6) is 5.75 Å². The molecule has 0 N–H and O–H groups in total. The van der Waals surface area contributed by atoms with Crippen LogP contribution in [-0.2, 0) is 16.4 Å². The van der Waals surface area contributed by atoms with Crippen molar-refractivity contribution in [2.24, 2.45) is 0 Å². The van der Waals surface area contributed by atoms with Crippen LogP contribution in [0, 0.1) is 6.92 Å². The Hall–Kier alpha value is -2.05. The van der Waals surface area contributed by atoms with Gasteiger partial charge in [-0.15, -0.1) is 0 Å². The molecule has 2 aromatic rings. The van der Waals surface area contributed by atoms with Crippen molar-refractivity contribution in [2.45, 2.75) is 25.2 Å². The molecule has 6 heteroatoms. The van der Waals surface area contributed by atoms with Crippen molar-refractivity contribution in [1.29, 1.82) is 0 Å². The van der Waals surface area contributed by atoms with Crippen LogP contribution in [0.25, 0.3) is 0 Å². The number of methoxy groups -OCH3 is 1. The molecule has 3 rings (SSSR count). The molecule has 1 heterocycles. The van der Waals surface area contributed by atoms with Gasteiger partial charge in [0.25, 0.3) is 0 Å². The van der Waals surface area contributed by atoms with E-state index in [0.717, 1.165) is 17.7 Å². The van der Waals surface area contributed by atoms with Crippen molar-refractivity contribution in [2.75, 3.05) is 38.2 Å². The first-order valence-electron chi connectivity index (χ1n) is 8.94. The summed E-state index contributed by atoms with van der Waals surface area (Å²) in [4.78, 5) is 2.57. The van der Waals surface area contributed by atoms with Gasteiger partial charge in [0.1, 0.15) is 5.75 Å². The first-order chi connectivity index (χ1) is 12.5. The van der Waals surface area contributed by atoms with E-state index < -0.39 is 10.0 Å². The number of rotatable bonds is 5. The fraction of sp³-hybridized carbons (Fsp3) is 0.400. The predicted molar refractivity (Wildman–Crippen MR) is 105 cm³/mol. The molecule has 2 aromatic carbocycles. The second kappa shape index (κ2) is 7.68. The number of aryl methyl sites for hydroxylation is 2. The summed E-state index contributed by atoms with van der Waals surface area (Å²) in [6, 6.07) is 13.5. The Morgan fingerprint density at radius 2 is 1.65 bits per heavy atom. The standard InChI is InChI=1S/C20H26N2O3S/c1-4-17-5-7-18(8-6-17)21-11-13-22(14-12-21)26(23,24)19-9-10-20(25-3)16(2)15-19/h5-10,15H,4,11-14H2,1-3H3. The molecule has 140 valence electrons. The second-order valence-corrected chi connectivity index (χ2v) is 8.48. The Morgan fingerprint density at radius 1 is 1.00 bits per heavy atom. The lowest BCUT2D eigenvalue weighted by Crippen LogP contribution is -2.48. The summed E-state index contributed by atoms with van der Waals surface area (Å²) in [5, 5.41) is 0. The highest BCUT2D eigenvalue weighted by molar-refractivity contribution is 7.89. The molecule has 26 heavy (non-hydrogen) atoms. The summed E-state index contributed by atoms with van der Waals surface area (Å²) in [7, 11) is -1.89. The molecule has 0 aliphatic carbocycles. The van der Waals surface area contributed by atoms with Gasteiger partial charge in [0.15, 0.2) is 0 Å². The van der Waals surface area contributed by atoms with Crippen molar-refractivity contribution in [3.63, 3.8) is 0 Å². The number of anilines is 1. The largest absolute Gasteiger partial charge is 0.496 e. The maximum absolute atomic E-state index is 12.9. The van der Waals surface area contributed by atoms with Gasteiger partial charge in [-0.05, 0) is 54.8 Å². The maximum Gasteiger partial charge on any atom is 0.243 e. The van der Waals surface area contributed by atoms with Gasteiger partial charge in [-0.3, -0.25) is 0 Å². The highest BCUT2D eigenvalue weighted by Gasteiger charge is 2.29. The Morgan fingerprint density at radius 3 is 2.19 bits per heavy atom. The molecule has 1 aliphatic rings. The van der Waals surface area contributed by atoms with Gasteiger partial charge in [-0.1, -0.05) is 19.1 Å². The summed E-state index contributed by atoms with van der Waals surface area (Å²) in [6.45, 7) is 6.36. The first kappa shape index (κ1) is 18.7. The molecule has 1 fully saturated rings.